The monoisotopic (exact) mass is 235 g/mol. The lowest BCUT2D eigenvalue weighted by molar-refractivity contribution is -0.120. The molecule has 0 aliphatic rings. The third kappa shape index (κ3) is 4.11. The molecule has 0 saturated carbocycles. The van der Waals surface area contributed by atoms with Crippen molar-refractivity contribution < 1.29 is 9.18 Å². The standard InChI is InChI=1S/C12H14FN3O/c1-2-15-12(17)5-6-16-10-3-4-11(13)9(7-10)8-14/h3-4,7,16H,2,5-6H2,1H3,(H,15,17). The van der Waals surface area contributed by atoms with E-state index in [1.807, 2.05) is 6.92 Å². The molecule has 4 nitrogen and oxygen atoms in total. The van der Waals surface area contributed by atoms with Crippen molar-refractivity contribution in [3.05, 3.63) is 29.6 Å². The van der Waals surface area contributed by atoms with E-state index < -0.39 is 5.82 Å². The molecule has 0 heterocycles. The minimum Gasteiger partial charge on any atom is -0.384 e. The number of anilines is 1. The highest BCUT2D eigenvalue weighted by Gasteiger charge is 2.03. The minimum atomic E-state index is -0.540. The fourth-order valence-electron chi connectivity index (χ4n) is 1.33. The quantitative estimate of drug-likeness (QED) is 0.815. The Balaban J connectivity index is 2.48. The van der Waals surface area contributed by atoms with Crippen molar-refractivity contribution >= 4 is 11.6 Å². The van der Waals surface area contributed by atoms with Gasteiger partial charge in [0.15, 0.2) is 0 Å². The highest BCUT2D eigenvalue weighted by Crippen LogP contribution is 2.13. The second kappa shape index (κ2) is 6.48. The van der Waals surface area contributed by atoms with E-state index in [0.29, 0.717) is 25.2 Å². The van der Waals surface area contributed by atoms with Crippen LogP contribution in [0.4, 0.5) is 10.1 Å². The lowest BCUT2D eigenvalue weighted by Crippen LogP contribution is -2.24. The largest absolute Gasteiger partial charge is 0.384 e. The number of amides is 1. The molecule has 0 radical (unpaired) electrons. The van der Waals surface area contributed by atoms with Gasteiger partial charge in [-0.25, -0.2) is 4.39 Å². The third-order valence-electron chi connectivity index (χ3n) is 2.14. The molecule has 0 atom stereocenters. The normalized spacial score (nSPS) is 9.47. The molecule has 0 spiro atoms. The SMILES string of the molecule is CCNC(=O)CCNc1ccc(F)c(C#N)c1. The molecule has 0 bridgehead atoms. The second-order valence-electron chi connectivity index (χ2n) is 3.44. The fourth-order valence-corrected chi connectivity index (χ4v) is 1.33. The van der Waals surface area contributed by atoms with E-state index in [0.717, 1.165) is 0 Å². The first kappa shape index (κ1) is 13.0. The lowest BCUT2D eigenvalue weighted by Gasteiger charge is -2.06. The molecule has 0 aliphatic heterocycles. The van der Waals surface area contributed by atoms with E-state index in [1.54, 1.807) is 6.07 Å². The van der Waals surface area contributed by atoms with E-state index >= 15 is 0 Å². The molecule has 1 amide bonds. The molecular formula is C12H14FN3O. The van der Waals surface area contributed by atoms with E-state index in [1.165, 1.54) is 18.2 Å². The van der Waals surface area contributed by atoms with Gasteiger partial charge in [-0.15, -0.1) is 0 Å². The van der Waals surface area contributed by atoms with Crippen molar-refractivity contribution in [2.45, 2.75) is 13.3 Å². The Morgan fingerprint density at radius 2 is 2.29 bits per heavy atom. The molecule has 0 saturated heterocycles. The maximum absolute atomic E-state index is 13.0. The van der Waals surface area contributed by atoms with Gasteiger partial charge in [0.25, 0.3) is 0 Å². The number of rotatable bonds is 5. The summed E-state index contributed by atoms with van der Waals surface area (Å²) >= 11 is 0. The average Bonchev–Trinajstić information content (AvgIpc) is 2.31. The Kier molecular flexibility index (Phi) is 4.95. The van der Waals surface area contributed by atoms with E-state index in [-0.39, 0.29) is 11.5 Å². The van der Waals surface area contributed by atoms with Gasteiger partial charge in [0, 0.05) is 25.2 Å². The van der Waals surface area contributed by atoms with Crippen molar-refractivity contribution in [3.63, 3.8) is 0 Å². The summed E-state index contributed by atoms with van der Waals surface area (Å²) in [6.45, 7) is 2.90. The molecule has 1 aromatic rings. The van der Waals surface area contributed by atoms with Gasteiger partial charge in [0.05, 0.1) is 5.56 Å². The van der Waals surface area contributed by atoms with Crippen LogP contribution >= 0.6 is 0 Å². The molecule has 0 fully saturated rings. The minimum absolute atomic E-state index is 0.00647. The zero-order valence-electron chi connectivity index (χ0n) is 9.59. The van der Waals surface area contributed by atoms with E-state index in [4.69, 9.17) is 5.26 Å². The predicted molar refractivity (Wildman–Crippen MR) is 62.9 cm³/mol. The Morgan fingerprint density at radius 1 is 1.53 bits per heavy atom. The second-order valence-corrected chi connectivity index (χ2v) is 3.44. The maximum Gasteiger partial charge on any atom is 0.221 e. The number of halogens is 1. The summed E-state index contributed by atoms with van der Waals surface area (Å²) in [6.07, 6.45) is 0.340. The molecular weight excluding hydrogens is 221 g/mol. The van der Waals surface area contributed by atoms with Crippen LogP contribution in [-0.4, -0.2) is 19.0 Å². The van der Waals surface area contributed by atoms with Gasteiger partial charge in [-0.2, -0.15) is 5.26 Å². The van der Waals surface area contributed by atoms with Crippen LogP contribution in [0.1, 0.15) is 18.9 Å². The Morgan fingerprint density at radius 3 is 2.94 bits per heavy atom. The first-order valence-corrected chi connectivity index (χ1v) is 5.37. The van der Waals surface area contributed by atoms with Gasteiger partial charge in [0.1, 0.15) is 11.9 Å². The van der Waals surface area contributed by atoms with Gasteiger partial charge in [-0.05, 0) is 25.1 Å². The Hall–Kier alpha value is -2.09. The highest BCUT2D eigenvalue weighted by atomic mass is 19.1. The van der Waals surface area contributed by atoms with Crippen LogP contribution in [0.3, 0.4) is 0 Å². The first-order chi connectivity index (χ1) is 8.17. The number of nitrogens with one attached hydrogen (secondary N) is 2. The summed E-state index contributed by atoms with van der Waals surface area (Å²) < 4.78 is 13.0. The molecule has 2 N–H and O–H groups in total. The van der Waals surface area contributed by atoms with Crippen molar-refractivity contribution in [2.75, 3.05) is 18.4 Å². The Labute approximate surface area is 99.4 Å². The van der Waals surface area contributed by atoms with Crippen molar-refractivity contribution in [2.24, 2.45) is 0 Å². The molecule has 1 aromatic carbocycles. The topological polar surface area (TPSA) is 64.9 Å². The van der Waals surface area contributed by atoms with Crippen molar-refractivity contribution in [3.8, 4) is 6.07 Å². The molecule has 0 unspecified atom stereocenters. The Bertz CT molecular complexity index is 440. The van der Waals surface area contributed by atoms with Gasteiger partial charge in [0.2, 0.25) is 5.91 Å². The smallest absolute Gasteiger partial charge is 0.221 e. The number of carbonyl (C=O) groups excluding carboxylic acids is 1. The number of hydrogen-bond donors (Lipinski definition) is 2. The molecule has 90 valence electrons. The summed E-state index contributed by atoms with van der Waals surface area (Å²) in [5.41, 5.74) is 0.625. The molecule has 0 aliphatic carbocycles. The predicted octanol–water partition coefficient (Wildman–Crippen LogP) is 1.64. The van der Waals surface area contributed by atoms with Gasteiger partial charge in [-0.1, -0.05) is 0 Å². The average molecular weight is 235 g/mol. The van der Waals surface area contributed by atoms with Crippen LogP contribution in [0, 0.1) is 17.1 Å². The van der Waals surface area contributed by atoms with Crippen LogP contribution in [0.5, 0.6) is 0 Å². The lowest BCUT2D eigenvalue weighted by atomic mass is 10.2. The molecule has 5 heteroatoms. The van der Waals surface area contributed by atoms with Crippen LogP contribution in [0.25, 0.3) is 0 Å². The maximum atomic E-state index is 13.0. The number of benzene rings is 1. The molecule has 1 rings (SSSR count). The van der Waals surface area contributed by atoms with Gasteiger partial charge < -0.3 is 10.6 Å². The fraction of sp³-hybridized carbons (Fsp3) is 0.333. The summed E-state index contributed by atoms with van der Waals surface area (Å²) in [7, 11) is 0. The van der Waals surface area contributed by atoms with Crippen molar-refractivity contribution in [1.29, 1.82) is 5.26 Å². The van der Waals surface area contributed by atoms with Crippen LogP contribution in [0.2, 0.25) is 0 Å². The van der Waals surface area contributed by atoms with Crippen molar-refractivity contribution in [1.82, 2.24) is 5.32 Å². The van der Waals surface area contributed by atoms with Crippen LogP contribution in [0.15, 0.2) is 18.2 Å². The molecule has 0 aromatic heterocycles. The highest BCUT2D eigenvalue weighted by molar-refractivity contribution is 5.76. The van der Waals surface area contributed by atoms with E-state index in [9.17, 15) is 9.18 Å². The summed E-state index contributed by atoms with van der Waals surface area (Å²) in [5.74, 6) is -0.579. The third-order valence-corrected chi connectivity index (χ3v) is 2.14. The van der Waals surface area contributed by atoms with Gasteiger partial charge in [-0.3, -0.25) is 4.79 Å². The van der Waals surface area contributed by atoms with Crippen LogP contribution < -0.4 is 10.6 Å². The van der Waals surface area contributed by atoms with Crippen LogP contribution in [-0.2, 0) is 4.79 Å². The summed E-state index contributed by atoms with van der Waals surface area (Å²) in [5, 5.41) is 14.3. The number of hydrogen-bond acceptors (Lipinski definition) is 3. The number of carbonyl (C=O) groups is 1. The zero-order chi connectivity index (χ0) is 12.7. The van der Waals surface area contributed by atoms with E-state index in [2.05, 4.69) is 10.6 Å². The first-order valence-electron chi connectivity index (χ1n) is 5.37. The summed E-state index contributed by atoms with van der Waals surface area (Å²) in [4.78, 5) is 11.1. The van der Waals surface area contributed by atoms with Gasteiger partial charge >= 0.3 is 0 Å². The number of nitriles is 1. The molecule has 17 heavy (non-hydrogen) atoms. The number of nitrogens with zero attached hydrogens (tertiary/aromatic N) is 1. The zero-order valence-corrected chi connectivity index (χ0v) is 9.59. The summed E-state index contributed by atoms with van der Waals surface area (Å²) in [6, 6.07) is 5.95.